The molecule has 0 bridgehead atoms. The van der Waals surface area contributed by atoms with Crippen LogP contribution in [0.4, 0.5) is 0 Å². The first kappa shape index (κ1) is 19.2. The van der Waals surface area contributed by atoms with Gasteiger partial charge in [0.05, 0.1) is 11.9 Å². The molecule has 0 fully saturated rings. The van der Waals surface area contributed by atoms with Gasteiger partial charge in [-0.2, -0.15) is 0 Å². The molecule has 29 heavy (non-hydrogen) atoms. The molecule has 1 N–H and O–H groups in total. The molecule has 0 aliphatic carbocycles. The maximum Gasteiger partial charge on any atom is 0.307 e. The molecule has 0 radical (unpaired) electrons. The lowest BCUT2D eigenvalue weighted by Gasteiger charge is -2.08. The molecule has 0 unspecified atom stereocenters. The van der Waals surface area contributed by atoms with Crippen LogP contribution in [0.3, 0.4) is 0 Å². The van der Waals surface area contributed by atoms with Crippen molar-refractivity contribution in [1.29, 1.82) is 0 Å². The van der Waals surface area contributed by atoms with Gasteiger partial charge in [-0.25, -0.2) is 0 Å². The highest BCUT2D eigenvalue weighted by Crippen LogP contribution is 2.29. The van der Waals surface area contributed by atoms with Crippen LogP contribution in [0.1, 0.15) is 15.9 Å². The first-order valence-corrected chi connectivity index (χ1v) is 9.60. The molecule has 0 saturated carbocycles. The van der Waals surface area contributed by atoms with Crippen LogP contribution in [0.15, 0.2) is 72.9 Å². The van der Waals surface area contributed by atoms with E-state index in [9.17, 15) is 14.7 Å². The number of carboxylic acids is 1. The van der Waals surface area contributed by atoms with Crippen molar-refractivity contribution < 1.29 is 14.7 Å². The van der Waals surface area contributed by atoms with Crippen molar-refractivity contribution in [1.82, 2.24) is 4.57 Å². The molecule has 144 valence electrons. The minimum Gasteiger partial charge on any atom is -0.481 e. The fourth-order valence-electron chi connectivity index (χ4n) is 3.41. The van der Waals surface area contributed by atoms with Crippen LogP contribution in [-0.2, 0) is 11.2 Å². The monoisotopic (exact) mass is 423 g/mol. The average Bonchev–Trinajstić information content (AvgIpc) is 3.05. The largest absolute Gasteiger partial charge is 0.481 e. The summed E-state index contributed by atoms with van der Waals surface area (Å²) in [7, 11) is 0. The number of carbonyl (C=O) groups is 2. The fraction of sp³-hybridized carbons (Fsp3) is 0.0435. The van der Waals surface area contributed by atoms with E-state index in [1.54, 1.807) is 48.7 Å². The number of hydrogen-bond donors (Lipinski definition) is 1. The van der Waals surface area contributed by atoms with E-state index in [0.29, 0.717) is 26.7 Å². The molecule has 1 heterocycles. The Hall–Kier alpha value is -3.08. The number of fused-ring (bicyclic) bond motifs is 1. The van der Waals surface area contributed by atoms with Crippen molar-refractivity contribution in [2.45, 2.75) is 6.42 Å². The Labute approximate surface area is 176 Å². The molecule has 0 aliphatic heterocycles. The summed E-state index contributed by atoms with van der Waals surface area (Å²) in [5.41, 5.74) is 3.36. The van der Waals surface area contributed by atoms with Gasteiger partial charge in [-0.05, 0) is 53.1 Å². The van der Waals surface area contributed by atoms with E-state index in [4.69, 9.17) is 23.2 Å². The van der Waals surface area contributed by atoms with E-state index >= 15 is 0 Å². The van der Waals surface area contributed by atoms with Gasteiger partial charge in [-0.1, -0.05) is 53.5 Å². The molecule has 0 spiro atoms. The van der Waals surface area contributed by atoms with Gasteiger partial charge < -0.3 is 5.11 Å². The molecule has 4 rings (SSSR count). The van der Waals surface area contributed by atoms with Gasteiger partial charge in [-0.15, -0.1) is 0 Å². The quantitative estimate of drug-likeness (QED) is 0.442. The highest BCUT2D eigenvalue weighted by molar-refractivity contribution is 6.35. The summed E-state index contributed by atoms with van der Waals surface area (Å²) >= 11 is 12.2. The van der Waals surface area contributed by atoms with E-state index in [1.807, 2.05) is 24.3 Å². The van der Waals surface area contributed by atoms with Gasteiger partial charge in [-0.3, -0.25) is 14.2 Å². The number of rotatable bonds is 4. The lowest BCUT2D eigenvalue weighted by Crippen LogP contribution is -2.11. The highest BCUT2D eigenvalue weighted by Gasteiger charge is 2.17. The zero-order chi connectivity index (χ0) is 20.5. The van der Waals surface area contributed by atoms with Gasteiger partial charge in [0.15, 0.2) is 0 Å². The summed E-state index contributed by atoms with van der Waals surface area (Å²) in [5, 5.41) is 11.0. The topological polar surface area (TPSA) is 59.3 Å². The van der Waals surface area contributed by atoms with E-state index in [0.717, 1.165) is 16.5 Å². The lowest BCUT2D eigenvalue weighted by molar-refractivity contribution is -0.136. The molecular weight excluding hydrogens is 409 g/mol. The fourth-order valence-corrected chi connectivity index (χ4v) is 3.94. The average molecular weight is 424 g/mol. The minimum atomic E-state index is -0.944. The number of carboxylic acid groups (broad SMARTS) is 1. The summed E-state index contributed by atoms with van der Waals surface area (Å²) in [6.45, 7) is 0. The number of benzene rings is 3. The Morgan fingerprint density at radius 1 is 0.862 bits per heavy atom. The van der Waals surface area contributed by atoms with E-state index in [2.05, 4.69) is 0 Å². The summed E-state index contributed by atoms with van der Waals surface area (Å²) in [4.78, 5) is 24.4. The maximum atomic E-state index is 13.2. The normalized spacial score (nSPS) is 11.0. The standard InChI is InChI=1S/C23H15Cl2NO3/c24-18-9-16(10-19(25)12-18)14-4-3-5-15(8-14)23(29)26-13-17(11-22(27)28)20-6-1-2-7-21(20)26/h1-10,12-13H,11H2,(H,27,28). The molecule has 6 heteroatoms. The molecule has 0 saturated heterocycles. The Balaban J connectivity index is 1.79. The van der Waals surface area contributed by atoms with Crippen LogP contribution >= 0.6 is 23.2 Å². The third kappa shape index (κ3) is 3.90. The Bertz CT molecular complexity index is 1240. The van der Waals surface area contributed by atoms with Crippen molar-refractivity contribution in [3.63, 3.8) is 0 Å². The van der Waals surface area contributed by atoms with Crippen molar-refractivity contribution in [2.75, 3.05) is 0 Å². The van der Waals surface area contributed by atoms with Crippen molar-refractivity contribution >= 4 is 46.0 Å². The van der Waals surface area contributed by atoms with Crippen LogP contribution in [0.5, 0.6) is 0 Å². The Morgan fingerprint density at radius 2 is 1.59 bits per heavy atom. The Morgan fingerprint density at radius 3 is 2.31 bits per heavy atom. The summed E-state index contributed by atoms with van der Waals surface area (Å²) in [6.07, 6.45) is 1.45. The van der Waals surface area contributed by atoms with Crippen molar-refractivity contribution in [3.8, 4) is 11.1 Å². The number of carbonyl (C=O) groups excluding carboxylic acids is 1. The van der Waals surface area contributed by atoms with Gasteiger partial charge in [0, 0.05) is 27.2 Å². The molecule has 0 amide bonds. The predicted octanol–water partition coefficient (Wildman–Crippen LogP) is 5.93. The van der Waals surface area contributed by atoms with Crippen LogP contribution in [0.2, 0.25) is 10.0 Å². The predicted molar refractivity (Wildman–Crippen MR) is 115 cm³/mol. The van der Waals surface area contributed by atoms with Crippen LogP contribution < -0.4 is 0 Å². The molecule has 0 aliphatic rings. The zero-order valence-corrected chi connectivity index (χ0v) is 16.6. The summed E-state index contributed by atoms with van der Waals surface area (Å²) < 4.78 is 1.50. The van der Waals surface area contributed by atoms with E-state index in [1.165, 1.54) is 4.57 Å². The second-order valence-corrected chi connectivity index (χ2v) is 7.53. The number of aliphatic carboxylic acids is 1. The number of para-hydroxylation sites is 1. The van der Waals surface area contributed by atoms with Gasteiger partial charge in [0.1, 0.15) is 0 Å². The number of nitrogens with zero attached hydrogens (tertiary/aromatic N) is 1. The third-order valence-corrected chi connectivity index (χ3v) is 5.10. The van der Waals surface area contributed by atoms with E-state index < -0.39 is 5.97 Å². The van der Waals surface area contributed by atoms with Gasteiger partial charge in [0.2, 0.25) is 0 Å². The Kier molecular flexibility index (Phi) is 5.14. The summed E-state index contributed by atoms with van der Waals surface area (Å²) in [5.74, 6) is -1.19. The molecule has 3 aromatic carbocycles. The van der Waals surface area contributed by atoms with Crippen molar-refractivity contribution in [2.24, 2.45) is 0 Å². The lowest BCUT2D eigenvalue weighted by atomic mass is 10.0. The third-order valence-electron chi connectivity index (χ3n) is 4.66. The molecule has 4 nitrogen and oxygen atoms in total. The molecule has 4 aromatic rings. The molecule has 0 atom stereocenters. The number of aromatic nitrogens is 1. The molecule has 1 aromatic heterocycles. The smallest absolute Gasteiger partial charge is 0.307 e. The SMILES string of the molecule is O=C(O)Cc1cn(C(=O)c2cccc(-c3cc(Cl)cc(Cl)c3)c2)c2ccccc12. The highest BCUT2D eigenvalue weighted by atomic mass is 35.5. The molecular formula is C23H15Cl2NO3. The second-order valence-electron chi connectivity index (χ2n) is 6.66. The summed E-state index contributed by atoms with van der Waals surface area (Å²) in [6, 6.07) is 19.7. The second kappa shape index (κ2) is 7.74. The zero-order valence-electron chi connectivity index (χ0n) is 15.1. The minimum absolute atomic E-state index is 0.151. The first-order chi connectivity index (χ1) is 13.9. The van der Waals surface area contributed by atoms with E-state index in [-0.39, 0.29) is 12.3 Å². The first-order valence-electron chi connectivity index (χ1n) is 8.84. The van der Waals surface area contributed by atoms with Crippen LogP contribution in [0.25, 0.3) is 22.0 Å². The van der Waals surface area contributed by atoms with Gasteiger partial charge >= 0.3 is 5.97 Å². The number of halogens is 2. The number of hydrogen-bond acceptors (Lipinski definition) is 2. The van der Waals surface area contributed by atoms with Crippen LogP contribution in [-0.4, -0.2) is 21.6 Å². The van der Waals surface area contributed by atoms with Gasteiger partial charge in [0.25, 0.3) is 5.91 Å². The van der Waals surface area contributed by atoms with Crippen LogP contribution in [0, 0.1) is 0 Å². The maximum absolute atomic E-state index is 13.2. The van der Waals surface area contributed by atoms with Crippen molar-refractivity contribution in [3.05, 3.63) is 94.1 Å².